The maximum atomic E-state index is 12.3. The number of carbonyl (C=O) groups is 1. The molecule has 1 saturated heterocycles. The second-order valence-electron chi connectivity index (χ2n) is 5.26. The Labute approximate surface area is 127 Å². The predicted molar refractivity (Wildman–Crippen MR) is 75.2 cm³/mol. The summed E-state index contributed by atoms with van der Waals surface area (Å²) in [6, 6.07) is 6.16. The first-order chi connectivity index (χ1) is 10.4. The molecule has 1 unspecified atom stereocenters. The van der Waals surface area contributed by atoms with Gasteiger partial charge in [0.05, 0.1) is 0 Å². The van der Waals surface area contributed by atoms with Crippen molar-refractivity contribution in [2.45, 2.75) is 44.6 Å². The number of nitrogens with one attached hydrogen (secondary N) is 2. The SMILES string of the molecule is O=C(CCC1CCCN1)NCc1ccccc1OC(F)(F)F. The minimum Gasteiger partial charge on any atom is -0.405 e. The second-order valence-corrected chi connectivity index (χ2v) is 5.26. The highest BCUT2D eigenvalue weighted by Gasteiger charge is 2.31. The van der Waals surface area contributed by atoms with E-state index in [1.54, 1.807) is 6.07 Å². The van der Waals surface area contributed by atoms with Crippen LogP contribution < -0.4 is 15.4 Å². The molecule has 122 valence electrons. The van der Waals surface area contributed by atoms with Crippen LogP contribution in [0.5, 0.6) is 5.75 Å². The molecule has 2 N–H and O–H groups in total. The molecule has 0 spiro atoms. The Hall–Kier alpha value is -1.76. The van der Waals surface area contributed by atoms with Crippen molar-refractivity contribution < 1.29 is 22.7 Å². The van der Waals surface area contributed by atoms with Gasteiger partial charge in [0.15, 0.2) is 0 Å². The van der Waals surface area contributed by atoms with Crippen LogP contribution in [0.15, 0.2) is 24.3 Å². The summed E-state index contributed by atoms with van der Waals surface area (Å²) in [4.78, 5) is 11.8. The number of ether oxygens (including phenoxy) is 1. The van der Waals surface area contributed by atoms with Gasteiger partial charge >= 0.3 is 6.36 Å². The number of benzene rings is 1. The number of amides is 1. The van der Waals surface area contributed by atoms with E-state index in [1.807, 2.05) is 0 Å². The standard InChI is InChI=1S/C15H19F3N2O2/c16-15(17,18)22-13-6-2-1-4-11(13)10-20-14(21)8-7-12-5-3-9-19-12/h1-2,4,6,12,19H,3,5,7-10H2,(H,20,21). The zero-order chi connectivity index (χ0) is 16.0. The number of hydrogen-bond donors (Lipinski definition) is 2. The van der Waals surface area contributed by atoms with Crippen molar-refractivity contribution in [1.82, 2.24) is 10.6 Å². The molecule has 1 heterocycles. The van der Waals surface area contributed by atoms with E-state index in [0.717, 1.165) is 25.8 Å². The number of carbonyl (C=O) groups excluding carboxylic acids is 1. The van der Waals surface area contributed by atoms with Gasteiger partial charge in [-0.05, 0) is 31.9 Å². The molecule has 1 aliphatic heterocycles. The molecule has 2 rings (SSSR count). The number of rotatable bonds is 6. The zero-order valence-corrected chi connectivity index (χ0v) is 12.1. The molecule has 0 radical (unpaired) electrons. The highest BCUT2D eigenvalue weighted by molar-refractivity contribution is 5.76. The first-order valence-electron chi connectivity index (χ1n) is 7.28. The number of alkyl halides is 3. The molecule has 1 fully saturated rings. The summed E-state index contributed by atoms with van der Waals surface area (Å²) in [5.74, 6) is -0.455. The quantitative estimate of drug-likeness (QED) is 0.848. The first-order valence-corrected chi connectivity index (χ1v) is 7.28. The number of para-hydroxylation sites is 1. The zero-order valence-electron chi connectivity index (χ0n) is 12.1. The van der Waals surface area contributed by atoms with Gasteiger partial charge in [0.25, 0.3) is 0 Å². The molecule has 1 aromatic rings. The molecule has 0 aromatic heterocycles. The molecule has 1 amide bonds. The molecule has 4 nitrogen and oxygen atoms in total. The highest BCUT2D eigenvalue weighted by atomic mass is 19.4. The van der Waals surface area contributed by atoms with E-state index in [-0.39, 0.29) is 18.2 Å². The van der Waals surface area contributed by atoms with Crippen molar-refractivity contribution in [1.29, 1.82) is 0 Å². The van der Waals surface area contributed by atoms with Crippen LogP contribution in [0.25, 0.3) is 0 Å². The third-order valence-corrected chi connectivity index (χ3v) is 3.56. The molecule has 1 aliphatic rings. The normalized spacial score (nSPS) is 18.2. The second kappa shape index (κ2) is 7.49. The number of halogens is 3. The van der Waals surface area contributed by atoms with Crippen LogP contribution in [-0.4, -0.2) is 24.9 Å². The molecule has 0 saturated carbocycles. The van der Waals surface area contributed by atoms with Crippen LogP contribution in [-0.2, 0) is 11.3 Å². The summed E-state index contributed by atoms with van der Waals surface area (Å²) in [5, 5.41) is 5.93. The van der Waals surface area contributed by atoms with Gasteiger partial charge in [-0.3, -0.25) is 4.79 Å². The van der Waals surface area contributed by atoms with E-state index in [0.29, 0.717) is 18.0 Å². The van der Waals surface area contributed by atoms with Crippen LogP contribution in [0, 0.1) is 0 Å². The van der Waals surface area contributed by atoms with Crippen molar-refractivity contribution in [3.63, 3.8) is 0 Å². The summed E-state index contributed by atoms with van der Waals surface area (Å²) < 4.78 is 40.8. The van der Waals surface area contributed by atoms with Gasteiger partial charge in [-0.2, -0.15) is 0 Å². The molecular formula is C15H19F3N2O2. The Balaban J connectivity index is 1.81. The lowest BCUT2D eigenvalue weighted by Gasteiger charge is -2.14. The van der Waals surface area contributed by atoms with Gasteiger partial charge in [0.2, 0.25) is 5.91 Å². The average Bonchev–Trinajstić information content (AvgIpc) is 2.96. The van der Waals surface area contributed by atoms with Gasteiger partial charge < -0.3 is 15.4 Å². The first kappa shape index (κ1) is 16.6. The van der Waals surface area contributed by atoms with Crippen LogP contribution in [0.1, 0.15) is 31.2 Å². The van der Waals surface area contributed by atoms with Crippen molar-refractivity contribution in [2.75, 3.05) is 6.54 Å². The molecule has 7 heteroatoms. The van der Waals surface area contributed by atoms with E-state index in [9.17, 15) is 18.0 Å². The molecule has 1 aromatic carbocycles. The van der Waals surface area contributed by atoms with Crippen molar-refractivity contribution >= 4 is 5.91 Å². The smallest absolute Gasteiger partial charge is 0.405 e. The topological polar surface area (TPSA) is 50.4 Å². The third kappa shape index (κ3) is 5.55. The Morgan fingerprint density at radius 2 is 2.14 bits per heavy atom. The lowest BCUT2D eigenvalue weighted by molar-refractivity contribution is -0.274. The van der Waals surface area contributed by atoms with E-state index in [1.165, 1.54) is 18.2 Å². The predicted octanol–water partition coefficient (Wildman–Crippen LogP) is 2.73. The Bertz CT molecular complexity index is 500. The number of hydrogen-bond acceptors (Lipinski definition) is 3. The van der Waals surface area contributed by atoms with E-state index < -0.39 is 6.36 Å². The van der Waals surface area contributed by atoms with Crippen LogP contribution in [0.3, 0.4) is 0 Å². The molecule has 1 atom stereocenters. The lowest BCUT2D eigenvalue weighted by atomic mass is 10.1. The van der Waals surface area contributed by atoms with Gasteiger partial charge in [-0.15, -0.1) is 13.2 Å². The van der Waals surface area contributed by atoms with E-state index in [2.05, 4.69) is 15.4 Å². The summed E-state index contributed by atoms with van der Waals surface area (Å²) in [5.41, 5.74) is 0.298. The van der Waals surface area contributed by atoms with Crippen LogP contribution in [0.4, 0.5) is 13.2 Å². The monoisotopic (exact) mass is 316 g/mol. The Kier molecular flexibility index (Phi) is 5.65. The van der Waals surface area contributed by atoms with Gasteiger partial charge in [-0.1, -0.05) is 18.2 Å². The summed E-state index contributed by atoms with van der Waals surface area (Å²) in [6.07, 6.45) is -1.45. The molecule has 22 heavy (non-hydrogen) atoms. The maximum absolute atomic E-state index is 12.3. The third-order valence-electron chi connectivity index (χ3n) is 3.56. The molecular weight excluding hydrogens is 297 g/mol. The van der Waals surface area contributed by atoms with Crippen molar-refractivity contribution in [3.8, 4) is 5.75 Å². The van der Waals surface area contributed by atoms with Crippen molar-refractivity contribution in [3.05, 3.63) is 29.8 Å². The van der Waals surface area contributed by atoms with E-state index in [4.69, 9.17) is 0 Å². The van der Waals surface area contributed by atoms with Crippen LogP contribution in [0.2, 0.25) is 0 Å². The maximum Gasteiger partial charge on any atom is 0.573 e. The summed E-state index contributed by atoms with van der Waals surface area (Å²) in [6.45, 7) is 0.998. The van der Waals surface area contributed by atoms with Gasteiger partial charge in [-0.25, -0.2) is 0 Å². The van der Waals surface area contributed by atoms with Gasteiger partial charge in [0, 0.05) is 24.6 Å². The fraction of sp³-hybridized carbons (Fsp3) is 0.533. The molecule has 0 bridgehead atoms. The Morgan fingerprint density at radius 1 is 1.36 bits per heavy atom. The minimum absolute atomic E-state index is 0.0170. The lowest BCUT2D eigenvalue weighted by Crippen LogP contribution is -2.27. The van der Waals surface area contributed by atoms with Crippen molar-refractivity contribution in [2.24, 2.45) is 0 Å². The minimum atomic E-state index is -4.74. The molecule has 0 aliphatic carbocycles. The average molecular weight is 316 g/mol. The Morgan fingerprint density at radius 3 is 2.82 bits per heavy atom. The summed E-state index contributed by atoms with van der Waals surface area (Å²) in [7, 11) is 0. The summed E-state index contributed by atoms with van der Waals surface area (Å²) >= 11 is 0. The highest BCUT2D eigenvalue weighted by Crippen LogP contribution is 2.26. The van der Waals surface area contributed by atoms with E-state index >= 15 is 0 Å². The van der Waals surface area contributed by atoms with Crippen LogP contribution >= 0.6 is 0 Å². The largest absolute Gasteiger partial charge is 0.573 e. The fourth-order valence-corrected chi connectivity index (χ4v) is 2.46. The van der Waals surface area contributed by atoms with Gasteiger partial charge in [0.1, 0.15) is 5.75 Å². The fourth-order valence-electron chi connectivity index (χ4n) is 2.46.